The van der Waals surface area contributed by atoms with Gasteiger partial charge < -0.3 is 19.3 Å². The molecule has 0 bridgehead atoms. The normalized spacial score (nSPS) is 15.5. The van der Waals surface area contributed by atoms with Crippen LogP contribution in [0.15, 0.2) is 29.1 Å². The molecule has 3 heterocycles. The Morgan fingerprint density at radius 1 is 1.41 bits per heavy atom. The van der Waals surface area contributed by atoms with Crippen LogP contribution < -0.4 is 10.1 Å². The monoisotopic (exact) mass is 323 g/mol. The number of carbonyl (C=O) groups is 1. The fraction of sp³-hybridized carbons (Fsp3) is 0.357. The number of ether oxygens (including phenoxy) is 2. The first kappa shape index (κ1) is 14.8. The number of pyridine rings is 1. The van der Waals surface area contributed by atoms with E-state index in [1.54, 1.807) is 0 Å². The van der Waals surface area contributed by atoms with Crippen LogP contribution in [-0.2, 0) is 4.74 Å². The van der Waals surface area contributed by atoms with E-state index in [0.29, 0.717) is 35.5 Å². The van der Waals surface area contributed by atoms with E-state index < -0.39 is 0 Å². The number of aromatic nitrogens is 2. The Morgan fingerprint density at radius 3 is 2.91 bits per heavy atom. The molecular formula is C14H14ClN3O4. The van der Waals surface area contributed by atoms with Gasteiger partial charge in [-0.05, 0) is 6.07 Å². The minimum atomic E-state index is -0.374. The topological polar surface area (TPSA) is 86.5 Å². The molecule has 0 unspecified atom stereocenters. The molecule has 7 nitrogen and oxygen atoms in total. The third-order valence-electron chi connectivity index (χ3n) is 3.20. The molecule has 1 saturated heterocycles. The zero-order chi connectivity index (χ0) is 15.4. The molecule has 0 radical (unpaired) electrons. The highest BCUT2D eigenvalue weighted by Gasteiger charge is 2.18. The highest BCUT2D eigenvalue weighted by molar-refractivity contribution is 6.32. The summed E-state index contributed by atoms with van der Waals surface area (Å²) in [5, 5.41) is 6.46. The molecule has 2 aromatic heterocycles. The molecule has 0 aromatic carbocycles. The summed E-state index contributed by atoms with van der Waals surface area (Å²) in [7, 11) is 0. The van der Waals surface area contributed by atoms with Crippen LogP contribution in [0, 0.1) is 0 Å². The number of hydrogen-bond donors (Lipinski definition) is 1. The van der Waals surface area contributed by atoms with Crippen molar-refractivity contribution in [1.82, 2.24) is 10.1 Å². The van der Waals surface area contributed by atoms with Gasteiger partial charge in [-0.15, -0.1) is 0 Å². The van der Waals surface area contributed by atoms with Crippen molar-refractivity contribution >= 4 is 23.3 Å². The number of carbonyl (C=O) groups excluding carboxylic acids is 1. The standard InChI is InChI=1S/C14H14ClN3O4/c15-11-7-9(13(19)17-12-3-6-21-18-12)8-16-14(11)22-10-1-4-20-5-2-10/h3,6-8,10H,1-2,4-5H2,(H,17,18,19). The van der Waals surface area contributed by atoms with Gasteiger partial charge in [-0.25, -0.2) is 4.98 Å². The Bertz CT molecular complexity index is 642. The fourth-order valence-corrected chi connectivity index (χ4v) is 2.26. The lowest BCUT2D eigenvalue weighted by Gasteiger charge is -2.23. The minimum absolute atomic E-state index is 0.0357. The molecule has 3 rings (SSSR count). The Labute approximate surface area is 131 Å². The number of nitrogens with one attached hydrogen (secondary N) is 1. The molecule has 0 spiro atoms. The van der Waals surface area contributed by atoms with Crippen LogP contribution in [0.5, 0.6) is 5.88 Å². The van der Waals surface area contributed by atoms with Gasteiger partial charge in [0.1, 0.15) is 17.4 Å². The molecule has 0 atom stereocenters. The second-order valence-corrected chi connectivity index (χ2v) is 5.19. The smallest absolute Gasteiger partial charge is 0.258 e. The molecule has 0 aliphatic carbocycles. The van der Waals surface area contributed by atoms with E-state index >= 15 is 0 Å². The van der Waals surface area contributed by atoms with E-state index in [4.69, 9.17) is 21.1 Å². The van der Waals surface area contributed by atoms with Crippen LogP contribution in [-0.4, -0.2) is 35.4 Å². The lowest BCUT2D eigenvalue weighted by molar-refractivity contribution is 0.0238. The third kappa shape index (κ3) is 3.55. The molecule has 1 N–H and O–H groups in total. The van der Waals surface area contributed by atoms with Gasteiger partial charge in [0.2, 0.25) is 5.88 Å². The van der Waals surface area contributed by atoms with Crippen molar-refractivity contribution in [3.05, 3.63) is 35.2 Å². The maximum Gasteiger partial charge on any atom is 0.258 e. The van der Waals surface area contributed by atoms with Crippen molar-refractivity contribution in [3.8, 4) is 5.88 Å². The molecule has 1 fully saturated rings. The SMILES string of the molecule is O=C(Nc1ccon1)c1cnc(OC2CCOCC2)c(Cl)c1. The van der Waals surface area contributed by atoms with Crippen molar-refractivity contribution in [3.63, 3.8) is 0 Å². The zero-order valence-electron chi connectivity index (χ0n) is 11.6. The van der Waals surface area contributed by atoms with Gasteiger partial charge in [0.05, 0.1) is 18.8 Å². The maximum atomic E-state index is 12.0. The summed E-state index contributed by atoms with van der Waals surface area (Å²) in [4.78, 5) is 16.1. The number of hydrogen-bond acceptors (Lipinski definition) is 6. The van der Waals surface area contributed by atoms with Crippen molar-refractivity contribution in [1.29, 1.82) is 0 Å². The number of halogens is 1. The van der Waals surface area contributed by atoms with Gasteiger partial charge in [0, 0.05) is 25.1 Å². The average molecular weight is 324 g/mol. The van der Waals surface area contributed by atoms with E-state index in [-0.39, 0.29) is 12.0 Å². The summed E-state index contributed by atoms with van der Waals surface area (Å²) >= 11 is 6.14. The third-order valence-corrected chi connectivity index (χ3v) is 3.47. The Hall–Kier alpha value is -2.12. The Morgan fingerprint density at radius 2 is 2.23 bits per heavy atom. The van der Waals surface area contributed by atoms with Crippen molar-refractivity contribution in [2.75, 3.05) is 18.5 Å². The van der Waals surface area contributed by atoms with Gasteiger partial charge >= 0.3 is 0 Å². The van der Waals surface area contributed by atoms with Crippen LogP contribution in [0.4, 0.5) is 5.82 Å². The van der Waals surface area contributed by atoms with E-state index in [9.17, 15) is 4.79 Å². The average Bonchev–Trinajstić information content (AvgIpc) is 3.03. The predicted octanol–water partition coefficient (Wildman–Crippen LogP) is 2.53. The molecule has 1 aliphatic rings. The second kappa shape index (κ2) is 6.76. The van der Waals surface area contributed by atoms with Crippen molar-refractivity contribution in [2.45, 2.75) is 18.9 Å². The summed E-state index contributed by atoms with van der Waals surface area (Å²) < 4.78 is 15.7. The summed E-state index contributed by atoms with van der Waals surface area (Å²) in [5.74, 6) is 0.274. The Balaban J connectivity index is 1.67. The van der Waals surface area contributed by atoms with E-state index in [1.807, 2.05) is 0 Å². The molecule has 1 aliphatic heterocycles. The lowest BCUT2D eigenvalue weighted by Crippen LogP contribution is -2.26. The van der Waals surface area contributed by atoms with Gasteiger partial charge in [0.25, 0.3) is 5.91 Å². The molecule has 0 saturated carbocycles. The molecule has 8 heteroatoms. The highest BCUT2D eigenvalue weighted by atomic mass is 35.5. The summed E-state index contributed by atoms with van der Waals surface area (Å²) in [6.07, 6.45) is 4.41. The quantitative estimate of drug-likeness (QED) is 0.930. The van der Waals surface area contributed by atoms with Crippen LogP contribution in [0.25, 0.3) is 0 Å². The van der Waals surface area contributed by atoms with E-state index in [0.717, 1.165) is 12.8 Å². The van der Waals surface area contributed by atoms with Crippen LogP contribution in [0.3, 0.4) is 0 Å². The molecule has 1 amide bonds. The van der Waals surface area contributed by atoms with Gasteiger partial charge in [0.15, 0.2) is 5.82 Å². The highest BCUT2D eigenvalue weighted by Crippen LogP contribution is 2.25. The fourth-order valence-electron chi connectivity index (χ4n) is 2.05. The van der Waals surface area contributed by atoms with Gasteiger partial charge in [-0.3, -0.25) is 4.79 Å². The van der Waals surface area contributed by atoms with E-state index in [2.05, 4.69) is 20.0 Å². The van der Waals surface area contributed by atoms with Gasteiger partial charge in [-0.1, -0.05) is 16.8 Å². The van der Waals surface area contributed by atoms with Crippen LogP contribution in [0.2, 0.25) is 5.02 Å². The number of amides is 1. The lowest BCUT2D eigenvalue weighted by atomic mass is 10.1. The largest absolute Gasteiger partial charge is 0.473 e. The number of anilines is 1. The first-order chi connectivity index (χ1) is 10.7. The van der Waals surface area contributed by atoms with Crippen molar-refractivity contribution < 1.29 is 18.8 Å². The van der Waals surface area contributed by atoms with Crippen LogP contribution in [0.1, 0.15) is 23.2 Å². The first-order valence-corrected chi connectivity index (χ1v) is 7.22. The predicted molar refractivity (Wildman–Crippen MR) is 78.2 cm³/mol. The Kier molecular flexibility index (Phi) is 4.55. The molecule has 2 aromatic rings. The second-order valence-electron chi connectivity index (χ2n) is 4.78. The summed E-state index contributed by atoms with van der Waals surface area (Å²) in [5.41, 5.74) is 0.312. The molecular weight excluding hydrogens is 310 g/mol. The molecule has 22 heavy (non-hydrogen) atoms. The van der Waals surface area contributed by atoms with E-state index in [1.165, 1.54) is 24.6 Å². The maximum absolute atomic E-state index is 12.0. The number of nitrogens with zero attached hydrogens (tertiary/aromatic N) is 2. The number of rotatable bonds is 4. The summed E-state index contributed by atoms with van der Waals surface area (Å²) in [6, 6.07) is 3.05. The van der Waals surface area contributed by atoms with Crippen LogP contribution >= 0.6 is 11.6 Å². The zero-order valence-corrected chi connectivity index (χ0v) is 12.4. The van der Waals surface area contributed by atoms with Gasteiger partial charge in [-0.2, -0.15) is 0 Å². The van der Waals surface area contributed by atoms with Crippen molar-refractivity contribution in [2.24, 2.45) is 0 Å². The first-order valence-electron chi connectivity index (χ1n) is 6.84. The molecule has 116 valence electrons. The minimum Gasteiger partial charge on any atom is -0.473 e. The summed E-state index contributed by atoms with van der Waals surface area (Å²) in [6.45, 7) is 1.33.